The second-order valence-corrected chi connectivity index (χ2v) is 6.96. The standard InChI is InChI=1S/C23H20N8/c1-30(2)23-27-21(26-22(25)28-23)17(14-24)13-18-15-31(19-11-7-4-8-12-19)29-20(18)16-9-5-3-6-10-16/h3-13,15H,1-2H3,(H2,25,26,27,28)/b17-13+. The fourth-order valence-electron chi connectivity index (χ4n) is 3.03. The van der Waals surface area contributed by atoms with Crippen molar-refractivity contribution in [2.75, 3.05) is 24.7 Å². The molecule has 2 N–H and O–H groups in total. The molecule has 2 aromatic carbocycles. The Morgan fingerprint density at radius 3 is 2.32 bits per heavy atom. The maximum atomic E-state index is 9.85. The number of para-hydroxylation sites is 1. The molecule has 0 bridgehead atoms. The summed E-state index contributed by atoms with van der Waals surface area (Å²) in [6.07, 6.45) is 3.61. The van der Waals surface area contributed by atoms with Gasteiger partial charge in [-0.05, 0) is 18.2 Å². The van der Waals surface area contributed by atoms with Crippen LogP contribution in [0.5, 0.6) is 0 Å². The van der Waals surface area contributed by atoms with Crippen molar-refractivity contribution in [1.29, 1.82) is 5.26 Å². The number of hydrogen-bond acceptors (Lipinski definition) is 7. The molecule has 4 aromatic rings. The first-order valence-electron chi connectivity index (χ1n) is 9.56. The normalized spacial score (nSPS) is 11.2. The lowest BCUT2D eigenvalue weighted by Crippen LogP contribution is -2.15. The zero-order valence-electron chi connectivity index (χ0n) is 17.1. The number of allylic oxidation sites excluding steroid dienone is 1. The summed E-state index contributed by atoms with van der Waals surface area (Å²) in [6.45, 7) is 0. The minimum Gasteiger partial charge on any atom is -0.368 e. The Morgan fingerprint density at radius 2 is 1.68 bits per heavy atom. The van der Waals surface area contributed by atoms with Crippen molar-refractivity contribution in [2.24, 2.45) is 0 Å². The maximum Gasteiger partial charge on any atom is 0.230 e. The van der Waals surface area contributed by atoms with Gasteiger partial charge in [0, 0.05) is 31.4 Å². The Hall–Kier alpha value is -4.51. The summed E-state index contributed by atoms with van der Waals surface area (Å²) in [5.74, 6) is 0.648. The molecule has 2 aromatic heterocycles. The molecule has 8 nitrogen and oxygen atoms in total. The third kappa shape index (κ3) is 4.26. The van der Waals surface area contributed by atoms with Crippen molar-refractivity contribution in [1.82, 2.24) is 24.7 Å². The van der Waals surface area contributed by atoms with Crippen LogP contribution in [0.15, 0.2) is 66.9 Å². The highest BCUT2D eigenvalue weighted by atomic mass is 15.3. The van der Waals surface area contributed by atoms with E-state index in [4.69, 9.17) is 10.8 Å². The molecule has 0 saturated heterocycles. The summed E-state index contributed by atoms with van der Waals surface area (Å²) in [5, 5.41) is 14.6. The van der Waals surface area contributed by atoms with E-state index < -0.39 is 0 Å². The average molecular weight is 408 g/mol. The van der Waals surface area contributed by atoms with E-state index in [1.54, 1.807) is 29.8 Å². The summed E-state index contributed by atoms with van der Waals surface area (Å²) in [7, 11) is 3.59. The fraction of sp³-hybridized carbons (Fsp3) is 0.0870. The van der Waals surface area contributed by atoms with Crippen LogP contribution in [-0.4, -0.2) is 38.8 Å². The van der Waals surface area contributed by atoms with E-state index >= 15 is 0 Å². The molecule has 0 aliphatic rings. The number of benzene rings is 2. The largest absolute Gasteiger partial charge is 0.368 e. The second kappa shape index (κ2) is 8.47. The van der Waals surface area contributed by atoms with Gasteiger partial charge in [0.15, 0.2) is 5.82 Å². The molecule has 0 saturated carbocycles. The van der Waals surface area contributed by atoms with E-state index in [1.165, 1.54) is 0 Å². The topological polar surface area (TPSA) is 110 Å². The van der Waals surface area contributed by atoms with Crippen molar-refractivity contribution < 1.29 is 0 Å². The smallest absolute Gasteiger partial charge is 0.230 e. The van der Waals surface area contributed by atoms with Crippen molar-refractivity contribution in [3.8, 4) is 23.0 Å². The van der Waals surface area contributed by atoms with Crippen LogP contribution in [0.4, 0.5) is 11.9 Å². The van der Waals surface area contributed by atoms with Gasteiger partial charge in [-0.25, -0.2) is 4.68 Å². The van der Waals surface area contributed by atoms with Crippen LogP contribution < -0.4 is 10.6 Å². The van der Waals surface area contributed by atoms with Gasteiger partial charge in [0.25, 0.3) is 0 Å². The van der Waals surface area contributed by atoms with Gasteiger partial charge in [-0.15, -0.1) is 0 Å². The van der Waals surface area contributed by atoms with Crippen LogP contribution in [-0.2, 0) is 0 Å². The lowest BCUT2D eigenvalue weighted by Gasteiger charge is -2.10. The predicted molar refractivity (Wildman–Crippen MR) is 121 cm³/mol. The molecule has 0 amide bonds. The summed E-state index contributed by atoms with van der Waals surface area (Å²) in [4.78, 5) is 14.3. The molecular formula is C23H20N8. The van der Waals surface area contributed by atoms with Crippen molar-refractivity contribution >= 4 is 23.5 Å². The van der Waals surface area contributed by atoms with E-state index in [0.717, 1.165) is 22.5 Å². The van der Waals surface area contributed by atoms with E-state index in [1.807, 2.05) is 66.9 Å². The Bertz CT molecular complexity index is 1270. The zero-order chi connectivity index (χ0) is 21.8. The summed E-state index contributed by atoms with van der Waals surface area (Å²) < 4.78 is 1.79. The van der Waals surface area contributed by atoms with E-state index in [9.17, 15) is 5.26 Å². The predicted octanol–water partition coefficient (Wildman–Crippen LogP) is 3.44. The van der Waals surface area contributed by atoms with Crippen molar-refractivity contribution in [3.05, 3.63) is 78.2 Å². The van der Waals surface area contributed by atoms with E-state index in [-0.39, 0.29) is 17.3 Å². The third-order valence-corrected chi connectivity index (χ3v) is 4.51. The van der Waals surface area contributed by atoms with Crippen LogP contribution in [0.3, 0.4) is 0 Å². The summed E-state index contributed by atoms with van der Waals surface area (Å²) >= 11 is 0. The minimum absolute atomic E-state index is 0.0538. The van der Waals surface area contributed by atoms with Gasteiger partial charge >= 0.3 is 0 Å². The van der Waals surface area contributed by atoms with Crippen LogP contribution in [0.25, 0.3) is 28.6 Å². The molecule has 4 rings (SSSR count). The zero-order valence-corrected chi connectivity index (χ0v) is 17.1. The summed E-state index contributed by atoms with van der Waals surface area (Å²) in [5.41, 5.74) is 9.46. The first kappa shape index (κ1) is 19.8. The Kier molecular flexibility index (Phi) is 5.41. The van der Waals surface area contributed by atoms with Crippen LogP contribution in [0, 0.1) is 11.3 Å². The van der Waals surface area contributed by atoms with Crippen LogP contribution in [0.1, 0.15) is 11.4 Å². The first-order valence-corrected chi connectivity index (χ1v) is 9.56. The molecule has 31 heavy (non-hydrogen) atoms. The number of aromatic nitrogens is 5. The van der Waals surface area contributed by atoms with Crippen LogP contribution >= 0.6 is 0 Å². The molecule has 0 aliphatic carbocycles. The maximum absolute atomic E-state index is 9.85. The molecule has 0 spiro atoms. The van der Waals surface area contributed by atoms with Gasteiger partial charge in [-0.1, -0.05) is 48.5 Å². The minimum atomic E-state index is 0.0538. The van der Waals surface area contributed by atoms with Crippen molar-refractivity contribution in [2.45, 2.75) is 0 Å². The first-order chi connectivity index (χ1) is 15.0. The van der Waals surface area contributed by atoms with Gasteiger partial charge in [-0.3, -0.25) is 0 Å². The molecule has 0 aliphatic heterocycles. The highest BCUT2D eigenvalue weighted by molar-refractivity contribution is 5.90. The summed E-state index contributed by atoms with van der Waals surface area (Å²) in [6, 6.07) is 21.8. The van der Waals surface area contributed by atoms with Gasteiger partial charge in [0.05, 0.1) is 17.0 Å². The molecule has 0 radical (unpaired) electrons. The van der Waals surface area contributed by atoms with E-state index in [0.29, 0.717) is 5.95 Å². The number of nitriles is 1. The highest BCUT2D eigenvalue weighted by Crippen LogP contribution is 2.27. The number of nitrogens with zero attached hydrogens (tertiary/aromatic N) is 7. The van der Waals surface area contributed by atoms with Gasteiger partial charge in [0.2, 0.25) is 11.9 Å². The molecule has 8 heteroatoms. The second-order valence-electron chi connectivity index (χ2n) is 6.96. The van der Waals surface area contributed by atoms with Crippen LogP contribution in [0.2, 0.25) is 0 Å². The molecule has 0 fully saturated rings. The Balaban J connectivity index is 1.87. The molecule has 0 unspecified atom stereocenters. The average Bonchev–Trinajstić information content (AvgIpc) is 3.22. The number of nitrogens with two attached hydrogens (primary N) is 1. The third-order valence-electron chi connectivity index (χ3n) is 4.51. The van der Waals surface area contributed by atoms with E-state index in [2.05, 4.69) is 21.0 Å². The lowest BCUT2D eigenvalue weighted by atomic mass is 10.1. The monoisotopic (exact) mass is 408 g/mol. The van der Waals surface area contributed by atoms with Gasteiger partial charge < -0.3 is 10.6 Å². The molecular weight excluding hydrogens is 388 g/mol. The highest BCUT2D eigenvalue weighted by Gasteiger charge is 2.15. The van der Waals surface area contributed by atoms with Gasteiger partial charge in [0.1, 0.15) is 6.07 Å². The molecule has 152 valence electrons. The Morgan fingerprint density at radius 1 is 1.00 bits per heavy atom. The molecule has 0 atom stereocenters. The number of rotatable bonds is 5. The number of anilines is 2. The van der Waals surface area contributed by atoms with Gasteiger partial charge in [-0.2, -0.15) is 25.3 Å². The number of nitrogen functional groups attached to an aromatic ring is 1. The molecule has 2 heterocycles. The van der Waals surface area contributed by atoms with Crippen molar-refractivity contribution in [3.63, 3.8) is 0 Å². The Labute approximate surface area is 179 Å². The lowest BCUT2D eigenvalue weighted by molar-refractivity contribution is 0.884. The number of hydrogen-bond donors (Lipinski definition) is 1. The quantitative estimate of drug-likeness (QED) is 0.504. The SMILES string of the molecule is CN(C)c1nc(N)nc(/C(C#N)=C/c2cn(-c3ccccc3)nc2-c2ccccc2)n1. The fourth-order valence-corrected chi connectivity index (χ4v) is 3.03.